The van der Waals surface area contributed by atoms with Gasteiger partial charge in [-0.2, -0.15) is 0 Å². The minimum Gasteiger partial charge on any atom is -0.243 e. The van der Waals surface area contributed by atoms with Gasteiger partial charge in [0, 0.05) is 11.5 Å². The normalized spacial score (nSPS) is 11.6. The Morgan fingerprint density at radius 1 is 1.26 bits per heavy atom. The quantitative estimate of drug-likeness (QED) is 0.842. The summed E-state index contributed by atoms with van der Waals surface area (Å²) in [5.41, 5.74) is 0.864. The summed E-state index contributed by atoms with van der Waals surface area (Å²) in [5, 5.41) is 8.77. The summed E-state index contributed by atoms with van der Waals surface area (Å²) in [6.07, 6.45) is 0. The molecule has 1 aromatic heterocycles. The number of hydrogen-bond donors (Lipinski definition) is 0. The summed E-state index contributed by atoms with van der Waals surface area (Å²) in [6, 6.07) is 4.92. The Kier molecular flexibility index (Phi) is 3.93. The van der Waals surface area contributed by atoms with Crippen LogP contribution in [-0.2, 0) is 10.0 Å². The molecule has 0 atom stereocenters. The number of aryl methyl sites for hydroxylation is 2. The molecule has 0 aliphatic heterocycles. The van der Waals surface area contributed by atoms with E-state index in [-0.39, 0.29) is 4.90 Å². The lowest BCUT2D eigenvalue weighted by atomic mass is 10.2. The van der Waals surface area contributed by atoms with Gasteiger partial charge in [-0.15, -0.1) is 10.2 Å². The molecule has 1 heterocycles. The van der Waals surface area contributed by atoms with Crippen LogP contribution in [-0.4, -0.2) is 25.7 Å². The first kappa shape index (κ1) is 14.4. The van der Waals surface area contributed by atoms with Gasteiger partial charge in [0.25, 0.3) is 10.0 Å². The van der Waals surface area contributed by atoms with Crippen molar-refractivity contribution < 1.29 is 8.42 Å². The van der Waals surface area contributed by atoms with E-state index in [1.54, 1.807) is 25.1 Å². The van der Waals surface area contributed by atoms with Crippen LogP contribution in [0.2, 0.25) is 0 Å². The maximum Gasteiger partial charge on any atom is 0.265 e. The van der Waals surface area contributed by atoms with E-state index in [1.807, 2.05) is 6.92 Å². The van der Waals surface area contributed by atoms with Gasteiger partial charge in [-0.25, -0.2) is 12.7 Å². The Labute approximate surface area is 124 Å². The molecule has 0 unspecified atom stereocenters. The topological polar surface area (TPSA) is 63.2 Å². The second-order valence-electron chi connectivity index (χ2n) is 3.99. The maximum absolute atomic E-state index is 12.5. The number of rotatable bonds is 3. The molecule has 0 radical (unpaired) electrons. The summed E-state index contributed by atoms with van der Waals surface area (Å²) in [5.74, 6) is 0. The van der Waals surface area contributed by atoms with Gasteiger partial charge < -0.3 is 0 Å². The van der Waals surface area contributed by atoms with E-state index in [0.29, 0.717) is 5.13 Å². The van der Waals surface area contributed by atoms with Crippen molar-refractivity contribution in [1.82, 2.24) is 10.2 Å². The fourth-order valence-electron chi connectivity index (χ4n) is 1.45. The highest BCUT2D eigenvalue weighted by atomic mass is 79.9. The van der Waals surface area contributed by atoms with Crippen molar-refractivity contribution in [2.45, 2.75) is 18.7 Å². The van der Waals surface area contributed by atoms with Gasteiger partial charge >= 0.3 is 0 Å². The minimum atomic E-state index is -3.60. The molecule has 0 saturated heterocycles. The second kappa shape index (κ2) is 5.18. The first-order chi connectivity index (χ1) is 8.82. The van der Waals surface area contributed by atoms with Gasteiger partial charge in [-0.1, -0.05) is 27.3 Å². The zero-order chi connectivity index (χ0) is 14.2. The number of hydrogen-bond acceptors (Lipinski definition) is 5. The molecule has 102 valence electrons. The lowest BCUT2D eigenvalue weighted by molar-refractivity contribution is 0.594. The van der Waals surface area contributed by atoms with Crippen molar-refractivity contribution in [3.63, 3.8) is 0 Å². The molecular formula is C11H12BrN3O2S2. The number of sulfonamides is 1. The zero-order valence-corrected chi connectivity index (χ0v) is 13.8. The number of halogens is 1. The molecule has 5 nitrogen and oxygen atoms in total. The first-order valence-corrected chi connectivity index (χ1v) is 8.42. The number of aromatic nitrogens is 2. The third kappa shape index (κ3) is 2.80. The molecule has 0 saturated carbocycles. The lowest BCUT2D eigenvalue weighted by Crippen LogP contribution is -2.26. The van der Waals surface area contributed by atoms with E-state index in [9.17, 15) is 8.42 Å². The van der Waals surface area contributed by atoms with Gasteiger partial charge in [-0.05, 0) is 37.6 Å². The van der Waals surface area contributed by atoms with Crippen LogP contribution < -0.4 is 4.31 Å². The third-order valence-corrected chi connectivity index (χ3v) is 6.24. The summed E-state index contributed by atoms with van der Waals surface area (Å²) in [4.78, 5) is 0.239. The molecule has 2 rings (SSSR count). The van der Waals surface area contributed by atoms with Crippen LogP contribution in [0.15, 0.2) is 27.6 Å². The molecule has 1 aromatic carbocycles. The average Bonchev–Trinajstić information content (AvgIpc) is 2.78. The molecule has 0 N–H and O–H groups in total. The van der Waals surface area contributed by atoms with Gasteiger partial charge in [0.1, 0.15) is 5.01 Å². The molecule has 2 aromatic rings. The second-order valence-corrected chi connectivity index (χ2v) is 7.97. The number of benzene rings is 1. The van der Waals surface area contributed by atoms with Crippen molar-refractivity contribution in [2.75, 3.05) is 11.4 Å². The third-order valence-electron chi connectivity index (χ3n) is 2.57. The molecule has 0 bridgehead atoms. The SMILES string of the molecule is Cc1nnc(N(C)S(=O)(=O)c2ccc(Br)c(C)c2)s1. The van der Waals surface area contributed by atoms with Crippen LogP contribution in [0.4, 0.5) is 5.13 Å². The maximum atomic E-state index is 12.5. The summed E-state index contributed by atoms with van der Waals surface area (Å²) >= 11 is 4.59. The highest BCUT2D eigenvalue weighted by molar-refractivity contribution is 9.10. The van der Waals surface area contributed by atoms with E-state index >= 15 is 0 Å². The van der Waals surface area contributed by atoms with Gasteiger partial charge in [-0.3, -0.25) is 0 Å². The van der Waals surface area contributed by atoms with Crippen molar-refractivity contribution in [2.24, 2.45) is 0 Å². The van der Waals surface area contributed by atoms with E-state index in [2.05, 4.69) is 26.1 Å². The smallest absolute Gasteiger partial charge is 0.243 e. The van der Waals surface area contributed by atoms with Crippen molar-refractivity contribution in [1.29, 1.82) is 0 Å². The van der Waals surface area contributed by atoms with E-state index < -0.39 is 10.0 Å². The first-order valence-electron chi connectivity index (χ1n) is 5.37. The van der Waals surface area contributed by atoms with Gasteiger partial charge in [0.05, 0.1) is 4.90 Å². The molecular weight excluding hydrogens is 350 g/mol. The summed E-state index contributed by atoms with van der Waals surface area (Å²) in [7, 11) is -2.12. The summed E-state index contributed by atoms with van der Waals surface area (Å²) in [6.45, 7) is 3.63. The molecule has 0 aliphatic rings. The van der Waals surface area contributed by atoms with E-state index in [0.717, 1.165) is 19.3 Å². The highest BCUT2D eigenvalue weighted by Crippen LogP contribution is 2.27. The van der Waals surface area contributed by atoms with Gasteiger partial charge in [0.15, 0.2) is 0 Å². The summed E-state index contributed by atoms with van der Waals surface area (Å²) < 4.78 is 26.9. The monoisotopic (exact) mass is 361 g/mol. The molecule has 0 aliphatic carbocycles. The van der Waals surface area contributed by atoms with Crippen molar-refractivity contribution in [3.05, 3.63) is 33.2 Å². The minimum absolute atomic E-state index is 0.239. The Balaban J connectivity index is 2.44. The van der Waals surface area contributed by atoms with Crippen LogP contribution in [0.3, 0.4) is 0 Å². The fraction of sp³-hybridized carbons (Fsp3) is 0.273. The Morgan fingerprint density at radius 3 is 2.47 bits per heavy atom. The predicted octanol–water partition coefficient (Wildman–Crippen LogP) is 2.74. The molecule has 0 amide bonds. The fourth-order valence-corrected chi connectivity index (χ4v) is 3.78. The Hall–Kier alpha value is -0.990. The van der Waals surface area contributed by atoms with Crippen LogP contribution in [0.5, 0.6) is 0 Å². The van der Waals surface area contributed by atoms with Crippen LogP contribution >= 0.6 is 27.3 Å². The standard InChI is InChI=1S/C11H12BrN3O2S2/c1-7-6-9(4-5-10(7)12)19(16,17)15(3)11-14-13-8(2)18-11/h4-6H,1-3H3. The van der Waals surface area contributed by atoms with Crippen LogP contribution in [0.1, 0.15) is 10.6 Å². The predicted molar refractivity (Wildman–Crippen MR) is 79.1 cm³/mol. The molecule has 0 fully saturated rings. The van der Waals surface area contributed by atoms with Crippen LogP contribution in [0, 0.1) is 13.8 Å². The Bertz CT molecular complexity index is 712. The molecule has 8 heteroatoms. The van der Waals surface area contributed by atoms with E-state index in [4.69, 9.17) is 0 Å². The van der Waals surface area contributed by atoms with Crippen LogP contribution in [0.25, 0.3) is 0 Å². The van der Waals surface area contributed by atoms with Gasteiger partial charge in [0.2, 0.25) is 5.13 Å². The molecule has 0 spiro atoms. The van der Waals surface area contributed by atoms with E-state index in [1.165, 1.54) is 18.4 Å². The van der Waals surface area contributed by atoms with Crippen molar-refractivity contribution >= 4 is 42.4 Å². The number of anilines is 1. The lowest BCUT2D eigenvalue weighted by Gasteiger charge is -2.16. The molecule has 19 heavy (non-hydrogen) atoms. The number of nitrogens with zero attached hydrogens (tertiary/aromatic N) is 3. The average molecular weight is 362 g/mol. The highest BCUT2D eigenvalue weighted by Gasteiger charge is 2.24. The zero-order valence-electron chi connectivity index (χ0n) is 10.6. The van der Waals surface area contributed by atoms with Crippen molar-refractivity contribution in [3.8, 4) is 0 Å². The Morgan fingerprint density at radius 2 is 1.95 bits per heavy atom. The largest absolute Gasteiger partial charge is 0.265 e.